The highest BCUT2D eigenvalue weighted by molar-refractivity contribution is 7.91. The number of carbonyl (C=O) groups excluding carboxylic acids is 3. The van der Waals surface area contributed by atoms with E-state index >= 15 is 0 Å². The second-order valence-corrected chi connectivity index (χ2v) is 12.6. The van der Waals surface area contributed by atoms with Crippen LogP contribution in [0.4, 0.5) is 4.79 Å². The van der Waals surface area contributed by atoms with Gasteiger partial charge in [0.1, 0.15) is 12.1 Å². The monoisotopic (exact) mass is 489 g/mol. The molecule has 4 rings (SSSR count). The first-order valence-corrected chi connectivity index (χ1v) is 14.1. The number of nitrogens with zero attached hydrogens (tertiary/aromatic N) is 2. The molecule has 0 spiro atoms. The van der Waals surface area contributed by atoms with Crippen molar-refractivity contribution in [3.8, 4) is 0 Å². The summed E-state index contributed by atoms with van der Waals surface area (Å²) in [6.07, 6.45) is 5.13. The van der Waals surface area contributed by atoms with Crippen molar-refractivity contribution in [3.63, 3.8) is 0 Å². The van der Waals surface area contributed by atoms with Gasteiger partial charge in [-0.2, -0.15) is 0 Å². The predicted octanol–water partition coefficient (Wildman–Crippen LogP) is 2.93. The number of carbonyl (C=O) groups is 3. The van der Waals surface area contributed by atoms with Gasteiger partial charge in [0.25, 0.3) is 5.91 Å². The lowest BCUT2D eigenvalue weighted by atomic mass is 9.90. The highest BCUT2D eigenvalue weighted by Crippen LogP contribution is 2.32. The fraction of sp³-hybridized carbons (Fsp3) is 0.640. The van der Waals surface area contributed by atoms with Crippen LogP contribution in [-0.2, 0) is 25.0 Å². The molecule has 2 aliphatic heterocycles. The molecule has 2 atom stereocenters. The van der Waals surface area contributed by atoms with Gasteiger partial charge in [-0.1, -0.05) is 57.4 Å². The molecule has 1 saturated carbocycles. The maximum atomic E-state index is 13.5. The smallest absolute Gasteiger partial charge is 0.325 e. The number of hydrogen-bond acceptors (Lipinski definition) is 5. The van der Waals surface area contributed by atoms with Gasteiger partial charge in [-0.05, 0) is 43.2 Å². The Bertz CT molecular complexity index is 1060. The number of rotatable bonds is 6. The molecule has 34 heavy (non-hydrogen) atoms. The number of nitrogens with one attached hydrogen (secondary N) is 1. The Morgan fingerprint density at radius 1 is 1.09 bits per heavy atom. The van der Waals surface area contributed by atoms with Gasteiger partial charge in [-0.25, -0.2) is 13.2 Å². The second-order valence-electron chi connectivity index (χ2n) is 10.4. The van der Waals surface area contributed by atoms with Crippen LogP contribution in [0.2, 0.25) is 0 Å². The molecule has 0 aromatic heterocycles. The molecule has 1 aliphatic carbocycles. The van der Waals surface area contributed by atoms with Gasteiger partial charge in [0, 0.05) is 12.1 Å². The minimum atomic E-state index is -3.18. The van der Waals surface area contributed by atoms with Crippen LogP contribution in [0, 0.1) is 0 Å². The third kappa shape index (κ3) is 4.72. The van der Waals surface area contributed by atoms with E-state index in [2.05, 4.69) is 19.2 Å². The highest BCUT2D eigenvalue weighted by atomic mass is 32.2. The van der Waals surface area contributed by atoms with Crippen LogP contribution in [-0.4, -0.2) is 66.2 Å². The first-order valence-electron chi connectivity index (χ1n) is 12.3. The van der Waals surface area contributed by atoms with E-state index in [-0.39, 0.29) is 30.0 Å². The molecule has 2 unspecified atom stereocenters. The second kappa shape index (κ2) is 9.32. The lowest BCUT2D eigenvalue weighted by molar-refractivity contribution is -0.142. The molecule has 1 aromatic carbocycles. The van der Waals surface area contributed by atoms with Gasteiger partial charge in [0.2, 0.25) is 5.91 Å². The molecule has 8 nitrogen and oxygen atoms in total. The van der Waals surface area contributed by atoms with Crippen molar-refractivity contribution in [2.45, 2.75) is 82.8 Å². The maximum absolute atomic E-state index is 13.5. The van der Waals surface area contributed by atoms with Crippen LogP contribution in [0.3, 0.4) is 0 Å². The Kier molecular flexibility index (Phi) is 6.77. The normalized spacial score (nSPS) is 27.3. The van der Waals surface area contributed by atoms with E-state index in [0.717, 1.165) is 42.6 Å². The Labute approximate surface area is 202 Å². The zero-order valence-electron chi connectivity index (χ0n) is 20.2. The fourth-order valence-corrected chi connectivity index (χ4v) is 7.23. The van der Waals surface area contributed by atoms with Crippen molar-refractivity contribution in [2.24, 2.45) is 0 Å². The zero-order chi connectivity index (χ0) is 24.7. The van der Waals surface area contributed by atoms with Gasteiger partial charge in [-0.3, -0.25) is 14.5 Å². The van der Waals surface area contributed by atoms with Crippen LogP contribution in [0.15, 0.2) is 24.3 Å². The van der Waals surface area contributed by atoms with Crippen molar-refractivity contribution in [1.82, 2.24) is 15.1 Å². The van der Waals surface area contributed by atoms with E-state index in [1.165, 1.54) is 0 Å². The van der Waals surface area contributed by atoms with Gasteiger partial charge in [0.05, 0.1) is 11.5 Å². The zero-order valence-corrected chi connectivity index (χ0v) is 21.1. The number of imide groups is 1. The average molecular weight is 490 g/mol. The molecular formula is C25H35N3O5S. The minimum Gasteiger partial charge on any atom is -0.334 e. The van der Waals surface area contributed by atoms with Crippen LogP contribution in [0.25, 0.3) is 0 Å². The quantitative estimate of drug-likeness (QED) is 0.619. The Hall–Kier alpha value is -2.42. The molecule has 9 heteroatoms. The molecule has 1 aromatic rings. The molecule has 2 heterocycles. The predicted molar refractivity (Wildman–Crippen MR) is 129 cm³/mol. The van der Waals surface area contributed by atoms with Crippen LogP contribution >= 0.6 is 0 Å². The Morgan fingerprint density at radius 3 is 2.29 bits per heavy atom. The number of benzene rings is 1. The molecule has 0 radical (unpaired) electrons. The molecule has 186 valence electrons. The maximum Gasteiger partial charge on any atom is 0.325 e. The van der Waals surface area contributed by atoms with Crippen LogP contribution in [0.5, 0.6) is 0 Å². The molecule has 1 N–H and O–H groups in total. The highest BCUT2D eigenvalue weighted by Gasteiger charge is 2.50. The standard InChI is InChI=1S/C25H35N3O5S/c1-17(2)18-9-11-19(12-10-18)25(3)23(30)27(24(31)26-25)15-22(29)28(20-7-5-4-6-8-20)21-13-14-34(32,33)16-21/h9-12,17,20-21H,4-8,13-16H2,1-3H3,(H,26,31). The van der Waals surface area contributed by atoms with Crippen LogP contribution < -0.4 is 5.32 Å². The molecule has 3 fully saturated rings. The Morgan fingerprint density at radius 2 is 1.74 bits per heavy atom. The van der Waals surface area contributed by atoms with Gasteiger partial charge >= 0.3 is 6.03 Å². The van der Waals surface area contributed by atoms with Crippen molar-refractivity contribution < 1.29 is 22.8 Å². The third-order valence-corrected chi connectivity index (χ3v) is 9.33. The van der Waals surface area contributed by atoms with Crippen molar-refractivity contribution in [1.29, 1.82) is 0 Å². The van der Waals surface area contributed by atoms with E-state index in [4.69, 9.17) is 0 Å². The summed E-state index contributed by atoms with van der Waals surface area (Å²) in [6, 6.07) is 6.55. The summed E-state index contributed by atoms with van der Waals surface area (Å²) in [5, 5.41) is 2.77. The third-order valence-electron chi connectivity index (χ3n) is 7.58. The van der Waals surface area contributed by atoms with E-state index in [0.29, 0.717) is 17.9 Å². The lowest BCUT2D eigenvalue weighted by Gasteiger charge is -2.38. The van der Waals surface area contributed by atoms with Gasteiger partial charge in [0.15, 0.2) is 9.84 Å². The molecule has 3 aliphatic rings. The van der Waals surface area contributed by atoms with Crippen molar-refractivity contribution >= 4 is 27.7 Å². The number of sulfone groups is 1. The summed E-state index contributed by atoms with van der Waals surface area (Å²) in [5.74, 6) is -0.450. The van der Waals surface area contributed by atoms with E-state index < -0.39 is 33.4 Å². The fourth-order valence-electron chi connectivity index (χ4n) is 5.51. The van der Waals surface area contributed by atoms with Gasteiger partial charge < -0.3 is 10.2 Å². The first-order chi connectivity index (χ1) is 16.0. The number of urea groups is 1. The molecule has 4 amide bonds. The lowest BCUT2D eigenvalue weighted by Crippen LogP contribution is -2.53. The molecule has 0 bridgehead atoms. The minimum absolute atomic E-state index is 0.0460. The SMILES string of the molecule is CC(C)c1ccc(C2(C)NC(=O)N(CC(=O)N(C3CCCCC3)C3CCS(=O)(=O)C3)C2=O)cc1. The van der Waals surface area contributed by atoms with E-state index in [1.54, 1.807) is 11.8 Å². The summed E-state index contributed by atoms with van der Waals surface area (Å²) in [5.41, 5.74) is 0.543. The first kappa shape index (κ1) is 24.7. The number of amides is 4. The summed E-state index contributed by atoms with van der Waals surface area (Å²) >= 11 is 0. The largest absolute Gasteiger partial charge is 0.334 e. The molecule has 2 saturated heterocycles. The Balaban J connectivity index is 1.54. The van der Waals surface area contributed by atoms with Crippen LogP contribution in [0.1, 0.15) is 76.3 Å². The number of hydrogen-bond donors (Lipinski definition) is 1. The van der Waals surface area contributed by atoms with Crippen molar-refractivity contribution in [2.75, 3.05) is 18.1 Å². The topological polar surface area (TPSA) is 104 Å². The van der Waals surface area contributed by atoms with E-state index in [9.17, 15) is 22.8 Å². The summed E-state index contributed by atoms with van der Waals surface area (Å²) in [4.78, 5) is 42.4. The summed E-state index contributed by atoms with van der Waals surface area (Å²) < 4.78 is 24.3. The molecular weight excluding hydrogens is 454 g/mol. The average Bonchev–Trinajstić information content (AvgIpc) is 3.26. The summed E-state index contributed by atoms with van der Waals surface area (Å²) in [6.45, 7) is 5.45. The van der Waals surface area contributed by atoms with Crippen molar-refractivity contribution in [3.05, 3.63) is 35.4 Å². The van der Waals surface area contributed by atoms with E-state index in [1.807, 2.05) is 24.3 Å². The van der Waals surface area contributed by atoms with Gasteiger partial charge in [-0.15, -0.1) is 0 Å². The summed E-state index contributed by atoms with van der Waals surface area (Å²) in [7, 11) is -3.18.